The van der Waals surface area contributed by atoms with Crippen molar-refractivity contribution < 1.29 is 26.0 Å². The number of nitrogens with zero attached hydrogens (tertiary/aromatic N) is 3. The number of benzene rings is 2. The van der Waals surface area contributed by atoms with E-state index in [-0.39, 0.29) is 33.7 Å². The number of anilines is 3. The van der Waals surface area contributed by atoms with E-state index < -0.39 is 37.1 Å². The van der Waals surface area contributed by atoms with E-state index in [4.69, 9.17) is 16.3 Å². The maximum atomic E-state index is 14.5. The third-order valence-corrected chi connectivity index (χ3v) is 8.11. The fourth-order valence-corrected chi connectivity index (χ4v) is 6.34. The number of aromatic nitrogens is 2. The van der Waals surface area contributed by atoms with Gasteiger partial charge in [-0.3, -0.25) is 9.36 Å². The monoisotopic (exact) mass is 558 g/mol. The number of nitrogens with one attached hydrogen (secondary N) is 1. The molecule has 1 heterocycles. The van der Waals surface area contributed by atoms with E-state index >= 15 is 0 Å². The van der Waals surface area contributed by atoms with Gasteiger partial charge in [0.1, 0.15) is 0 Å². The van der Waals surface area contributed by atoms with Gasteiger partial charge in [-0.05, 0) is 43.7 Å². The highest BCUT2D eigenvalue weighted by Gasteiger charge is 2.31. The first-order valence-corrected chi connectivity index (χ1v) is 14.5. The van der Waals surface area contributed by atoms with Gasteiger partial charge in [0.2, 0.25) is 26.0 Å². The Hall–Kier alpha value is -3.16. The molecule has 0 atom stereocenters. The minimum absolute atomic E-state index is 0.0230. The first kappa shape index (κ1) is 27.4. The van der Waals surface area contributed by atoms with E-state index in [0.29, 0.717) is 23.1 Å². The molecule has 0 spiro atoms. The molecule has 0 saturated carbocycles. The Labute approximate surface area is 213 Å². The Morgan fingerprint density at radius 3 is 2.22 bits per heavy atom. The van der Waals surface area contributed by atoms with Crippen molar-refractivity contribution in [3.8, 4) is 5.75 Å². The summed E-state index contributed by atoms with van der Waals surface area (Å²) in [7, 11) is -8.79. The lowest BCUT2D eigenvalue weighted by molar-refractivity contribution is 0.231. The highest BCUT2D eigenvalue weighted by molar-refractivity contribution is 8.09. The van der Waals surface area contributed by atoms with Gasteiger partial charge in [0.05, 0.1) is 31.4 Å². The SMILES string of the molecule is CC(C)Oc1ccc(Nc2ncc(N(S(C)(=O)=O)S(C)(=O)=O)c(=O)n2Cc2ccc(Cl)cc2)cc1F. The van der Waals surface area contributed by atoms with Gasteiger partial charge in [0, 0.05) is 16.8 Å². The Kier molecular flexibility index (Phi) is 7.96. The van der Waals surface area contributed by atoms with E-state index in [2.05, 4.69) is 10.3 Å². The summed E-state index contributed by atoms with van der Waals surface area (Å²) in [6, 6.07) is 10.5. The summed E-state index contributed by atoms with van der Waals surface area (Å²) >= 11 is 5.93. The molecule has 0 aliphatic heterocycles. The van der Waals surface area contributed by atoms with Crippen LogP contribution in [0.4, 0.5) is 21.7 Å². The van der Waals surface area contributed by atoms with Crippen molar-refractivity contribution in [2.24, 2.45) is 0 Å². The van der Waals surface area contributed by atoms with Crippen molar-refractivity contribution in [3.05, 3.63) is 75.4 Å². The normalized spacial score (nSPS) is 12.0. The molecule has 3 rings (SSSR count). The summed E-state index contributed by atoms with van der Waals surface area (Å²) < 4.78 is 69.9. The molecule has 1 aromatic heterocycles. The molecular formula is C22H24ClFN4O6S2. The van der Waals surface area contributed by atoms with E-state index in [1.807, 2.05) is 0 Å². The average Bonchev–Trinajstić information content (AvgIpc) is 2.74. The predicted octanol–water partition coefficient (Wildman–Crippen LogP) is 3.34. The fraction of sp³-hybridized carbons (Fsp3) is 0.273. The summed E-state index contributed by atoms with van der Waals surface area (Å²) in [4.78, 5) is 17.5. The number of ether oxygens (including phenoxy) is 1. The Morgan fingerprint density at radius 1 is 1.08 bits per heavy atom. The molecule has 36 heavy (non-hydrogen) atoms. The standard InChI is InChI=1S/C22H24ClFN4O6S2/c1-14(2)34-20-10-9-17(11-18(20)24)26-22-25-12-19(28(35(3,30)31)36(4,32)33)21(29)27(22)13-15-5-7-16(23)8-6-15/h5-12,14H,13H2,1-4H3,(H,25,26). The lowest BCUT2D eigenvalue weighted by Gasteiger charge is -2.21. The molecule has 0 saturated heterocycles. The summed E-state index contributed by atoms with van der Waals surface area (Å²) in [5, 5.41) is 3.28. The van der Waals surface area contributed by atoms with Crippen molar-refractivity contribution in [3.63, 3.8) is 0 Å². The first-order valence-electron chi connectivity index (χ1n) is 10.4. The van der Waals surface area contributed by atoms with Crippen molar-refractivity contribution in [2.45, 2.75) is 26.5 Å². The quantitative estimate of drug-likeness (QED) is 0.423. The van der Waals surface area contributed by atoms with E-state index in [0.717, 1.165) is 16.8 Å². The summed E-state index contributed by atoms with van der Waals surface area (Å²) in [5.41, 5.74) is -0.846. The van der Waals surface area contributed by atoms with E-state index in [1.165, 1.54) is 12.1 Å². The summed E-state index contributed by atoms with van der Waals surface area (Å²) in [6.07, 6.45) is 1.90. The van der Waals surface area contributed by atoms with Gasteiger partial charge < -0.3 is 10.1 Å². The molecule has 0 bridgehead atoms. The van der Waals surface area contributed by atoms with Gasteiger partial charge >= 0.3 is 0 Å². The molecule has 0 fully saturated rings. The van der Waals surface area contributed by atoms with Crippen molar-refractivity contribution in [1.82, 2.24) is 9.55 Å². The zero-order valence-electron chi connectivity index (χ0n) is 19.8. The molecule has 0 unspecified atom stereocenters. The lowest BCUT2D eigenvalue weighted by Crippen LogP contribution is -2.40. The molecule has 194 valence electrons. The first-order chi connectivity index (χ1) is 16.7. The molecular weight excluding hydrogens is 535 g/mol. The van der Waals surface area contributed by atoms with Crippen molar-refractivity contribution >= 4 is 49.0 Å². The number of hydrogen-bond donors (Lipinski definition) is 1. The van der Waals surface area contributed by atoms with Crippen LogP contribution >= 0.6 is 11.6 Å². The third-order valence-electron chi connectivity index (χ3n) is 4.63. The average molecular weight is 559 g/mol. The maximum absolute atomic E-state index is 14.5. The molecule has 3 aromatic rings. The van der Waals surface area contributed by atoms with Gasteiger partial charge in [0.15, 0.2) is 17.3 Å². The Morgan fingerprint density at radius 2 is 1.69 bits per heavy atom. The number of hydrogen-bond acceptors (Lipinski definition) is 8. The van der Waals surface area contributed by atoms with Crippen LogP contribution in [0, 0.1) is 5.82 Å². The topological polar surface area (TPSA) is 128 Å². The largest absolute Gasteiger partial charge is 0.488 e. The van der Waals surface area contributed by atoms with Crippen molar-refractivity contribution in [2.75, 3.05) is 21.5 Å². The van der Waals surface area contributed by atoms with Crippen LogP contribution in [0.3, 0.4) is 0 Å². The molecule has 14 heteroatoms. The van der Waals surface area contributed by atoms with Crippen LogP contribution in [-0.2, 0) is 26.6 Å². The second kappa shape index (κ2) is 10.4. The minimum atomic E-state index is -4.39. The van der Waals surface area contributed by atoms with Gasteiger partial charge in [-0.15, -0.1) is 0 Å². The van der Waals surface area contributed by atoms with E-state index in [1.54, 1.807) is 38.1 Å². The van der Waals surface area contributed by atoms with Crippen LogP contribution in [0.5, 0.6) is 5.75 Å². The second-order valence-electron chi connectivity index (χ2n) is 8.14. The maximum Gasteiger partial charge on any atom is 0.281 e. The van der Waals surface area contributed by atoms with Gasteiger partial charge in [-0.25, -0.2) is 26.2 Å². The van der Waals surface area contributed by atoms with Crippen LogP contribution in [-0.4, -0.2) is 45.0 Å². The highest BCUT2D eigenvalue weighted by atomic mass is 35.5. The second-order valence-corrected chi connectivity index (χ2v) is 12.5. The van der Waals surface area contributed by atoms with Crippen LogP contribution < -0.4 is 19.3 Å². The number of sulfonamides is 2. The molecule has 0 aliphatic carbocycles. The smallest absolute Gasteiger partial charge is 0.281 e. The van der Waals surface area contributed by atoms with Crippen LogP contribution in [0.2, 0.25) is 5.02 Å². The summed E-state index contributed by atoms with van der Waals surface area (Å²) in [6.45, 7) is 3.38. The molecule has 0 amide bonds. The zero-order valence-corrected chi connectivity index (χ0v) is 22.2. The molecule has 0 aliphatic rings. The van der Waals surface area contributed by atoms with Gasteiger partial charge in [-0.1, -0.05) is 23.7 Å². The number of halogens is 2. The highest BCUT2D eigenvalue weighted by Crippen LogP contribution is 2.25. The fourth-order valence-electron chi connectivity index (χ4n) is 3.29. The van der Waals surface area contributed by atoms with Gasteiger partial charge in [0.25, 0.3) is 5.56 Å². The minimum Gasteiger partial charge on any atom is -0.488 e. The van der Waals surface area contributed by atoms with Gasteiger partial charge in [-0.2, -0.15) is 3.71 Å². The number of rotatable bonds is 9. The van der Waals surface area contributed by atoms with Crippen LogP contribution in [0.1, 0.15) is 19.4 Å². The zero-order chi connectivity index (χ0) is 26.8. The molecule has 1 N–H and O–H groups in total. The molecule has 10 nitrogen and oxygen atoms in total. The van der Waals surface area contributed by atoms with E-state index in [9.17, 15) is 26.0 Å². The lowest BCUT2D eigenvalue weighted by atomic mass is 10.2. The Bertz CT molecular complexity index is 1510. The molecule has 0 radical (unpaired) electrons. The Balaban J connectivity index is 2.15. The summed E-state index contributed by atoms with van der Waals surface area (Å²) in [5.74, 6) is -0.704. The third kappa shape index (κ3) is 6.53. The van der Waals surface area contributed by atoms with Crippen molar-refractivity contribution in [1.29, 1.82) is 0 Å². The molecule has 2 aromatic carbocycles. The van der Waals surface area contributed by atoms with Crippen LogP contribution in [0.15, 0.2) is 53.5 Å². The predicted molar refractivity (Wildman–Crippen MR) is 137 cm³/mol. The van der Waals surface area contributed by atoms with Crippen LogP contribution in [0.25, 0.3) is 0 Å².